The second-order valence-electron chi connectivity index (χ2n) is 6.39. The summed E-state index contributed by atoms with van der Waals surface area (Å²) in [7, 11) is 0. The molecule has 1 aliphatic carbocycles. The van der Waals surface area contributed by atoms with Crippen LogP contribution in [0.15, 0.2) is 18.2 Å². The van der Waals surface area contributed by atoms with Crippen molar-refractivity contribution in [3.05, 3.63) is 29.0 Å². The highest BCUT2D eigenvalue weighted by Crippen LogP contribution is 2.48. The van der Waals surface area contributed by atoms with Crippen LogP contribution in [0.5, 0.6) is 0 Å². The molecule has 23 heavy (non-hydrogen) atoms. The number of nitrogens with zero attached hydrogens (tertiary/aromatic N) is 1. The summed E-state index contributed by atoms with van der Waals surface area (Å²) in [5, 5.41) is 12.4. The molecule has 1 aliphatic heterocycles. The third-order valence-electron chi connectivity index (χ3n) is 4.94. The maximum atomic E-state index is 13.6. The Kier molecular flexibility index (Phi) is 4.29. The molecule has 2 atom stereocenters. The minimum atomic E-state index is -0.774. The number of amides is 1. The van der Waals surface area contributed by atoms with Crippen molar-refractivity contribution in [3.8, 4) is 0 Å². The molecule has 0 bridgehead atoms. The summed E-state index contributed by atoms with van der Waals surface area (Å²) in [6.07, 6.45) is 2.46. The van der Waals surface area contributed by atoms with Crippen LogP contribution >= 0.6 is 11.6 Å². The molecule has 1 saturated carbocycles. The number of rotatable bonds is 4. The van der Waals surface area contributed by atoms with E-state index in [0.29, 0.717) is 24.5 Å². The second kappa shape index (κ2) is 6.09. The molecule has 1 saturated heterocycles. The number of nitrogens with one attached hydrogen (secondary N) is 1. The maximum Gasteiger partial charge on any atom is 0.311 e. The lowest BCUT2D eigenvalue weighted by Gasteiger charge is -2.23. The van der Waals surface area contributed by atoms with Crippen molar-refractivity contribution in [2.75, 3.05) is 25.0 Å². The van der Waals surface area contributed by atoms with E-state index in [2.05, 4.69) is 5.32 Å². The van der Waals surface area contributed by atoms with Gasteiger partial charge in [-0.2, -0.15) is 0 Å². The monoisotopic (exact) mass is 340 g/mol. The van der Waals surface area contributed by atoms with Crippen LogP contribution in [0, 0.1) is 17.2 Å². The van der Waals surface area contributed by atoms with Gasteiger partial charge in [-0.25, -0.2) is 4.39 Å². The van der Waals surface area contributed by atoms with Crippen molar-refractivity contribution < 1.29 is 19.1 Å². The molecule has 5 nitrogen and oxygen atoms in total. The first-order valence-corrected chi connectivity index (χ1v) is 7.99. The van der Waals surface area contributed by atoms with Crippen LogP contribution < -0.4 is 5.32 Å². The molecule has 0 aromatic heterocycles. The van der Waals surface area contributed by atoms with Gasteiger partial charge in [0.2, 0.25) is 5.91 Å². The lowest BCUT2D eigenvalue weighted by Crippen LogP contribution is -2.37. The number of fused-ring (bicyclic) bond motifs is 1. The Hall–Kier alpha value is -1.66. The highest BCUT2D eigenvalue weighted by Gasteiger charge is 2.54. The maximum absolute atomic E-state index is 13.6. The van der Waals surface area contributed by atoms with E-state index < -0.39 is 17.2 Å². The number of halogens is 2. The predicted molar refractivity (Wildman–Crippen MR) is 83.9 cm³/mol. The highest BCUT2D eigenvalue weighted by atomic mass is 35.5. The van der Waals surface area contributed by atoms with Crippen molar-refractivity contribution in [2.45, 2.75) is 19.3 Å². The number of anilines is 1. The molecule has 7 heteroatoms. The number of hydrogen-bond donors (Lipinski definition) is 2. The second-order valence-corrected chi connectivity index (χ2v) is 6.83. The molecular weight excluding hydrogens is 323 g/mol. The number of benzene rings is 1. The lowest BCUT2D eigenvalue weighted by molar-refractivity contribution is -0.149. The zero-order valence-electron chi connectivity index (χ0n) is 12.5. The summed E-state index contributed by atoms with van der Waals surface area (Å²) < 4.78 is 13.6. The van der Waals surface area contributed by atoms with E-state index >= 15 is 0 Å². The average molecular weight is 341 g/mol. The number of carboxylic acid groups (broad SMARTS) is 1. The van der Waals surface area contributed by atoms with E-state index in [9.17, 15) is 19.1 Å². The zero-order valence-corrected chi connectivity index (χ0v) is 13.3. The number of aliphatic carboxylic acids is 1. The van der Waals surface area contributed by atoms with Crippen LogP contribution in [0.1, 0.15) is 19.3 Å². The Morgan fingerprint density at radius 3 is 2.96 bits per heavy atom. The molecule has 1 amide bonds. The first-order chi connectivity index (χ1) is 10.9. The van der Waals surface area contributed by atoms with E-state index in [0.717, 1.165) is 12.8 Å². The van der Waals surface area contributed by atoms with Gasteiger partial charge in [-0.3, -0.25) is 14.5 Å². The summed E-state index contributed by atoms with van der Waals surface area (Å²) >= 11 is 5.79. The van der Waals surface area contributed by atoms with Crippen LogP contribution in [0.2, 0.25) is 5.02 Å². The molecule has 1 heterocycles. The molecular formula is C16H18ClFN2O3. The molecule has 124 valence electrons. The van der Waals surface area contributed by atoms with E-state index in [1.807, 2.05) is 4.90 Å². The molecule has 0 unspecified atom stereocenters. The molecule has 2 fully saturated rings. The lowest BCUT2D eigenvalue weighted by atomic mass is 9.81. The van der Waals surface area contributed by atoms with Crippen molar-refractivity contribution in [2.24, 2.45) is 11.3 Å². The Balaban J connectivity index is 1.63. The van der Waals surface area contributed by atoms with Crippen LogP contribution in [-0.4, -0.2) is 41.5 Å². The Bertz CT molecular complexity index is 654. The van der Waals surface area contributed by atoms with E-state index in [-0.39, 0.29) is 24.1 Å². The van der Waals surface area contributed by atoms with Gasteiger partial charge in [0.25, 0.3) is 0 Å². The van der Waals surface area contributed by atoms with Gasteiger partial charge >= 0.3 is 5.97 Å². The van der Waals surface area contributed by atoms with Gasteiger partial charge in [0.1, 0.15) is 5.82 Å². The van der Waals surface area contributed by atoms with E-state index in [4.69, 9.17) is 11.6 Å². The predicted octanol–water partition coefficient (Wildman–Crippen LogP) is 2.60. The summed E-state index contributed by atoms with van der Waals surface area (Å²) in [6.45, 7) is 1.02. The smallest absolute Gasteiger partial charge is 0.311 e. The highest BCUT2D eigenvalue weighted by molar-refractivity contribution is 6.30. The minimum Gasteiger partial charge on any atom is -0.481 e. The van der Waals surface area contributed by atoms with Gasteiger partial charge in [0.05, 0.1) is 17.6 Å². The first-order valence-electron chi connectivity index (χ1n) is 7.61. The average Bonchev–Trinajstić information content (AvgIpc) is 3.00. The van der Waals surface area contributed by atoms with Crippen molar-refractivity contribution in [3.63, 3.8) is 0 Å². The van der Waals surface area contributed by atoms with Gasteiger partial charge in [-0.05, 0) is 37.0 Å². The van der Waals surface area contributed by atoms with Gasteiger partial charge < -0.3 is 10.4 Å². The van der Waals surface area contributed by atoms with Crippen molar-refractivity contribution in [1.29, 1.82) is 0 Å². The minimum absolute atomic E-state index is 0.0369. The Labute approximate surface area is 138 Å². The summed E-state index contributed by atoms with van der Waals surface area (Å²) in [6, 6.07) is 3.95. The van der Waals surface area contributed by atoms with E-state index in [1.54, 1.807) is 0 Å². The summed E-state index contributed by atoms with van der Waals surface area (Å²) in [5.74, 6) is -1.60. The van der Waals surface area contributed by atoms with Crippen LogP contribution in [0.25, 0.3) is 0 Å². The molecule has 2 N–H and O–H groups in total. The molecule has 3 rings (SSSR count). The van der Waals surface area contributed by atoms with Crippen molar-refractivity contribution >= 4 is 29.2 Å². The topological polar surface area (TPSA) is 69.6 Å². The summed E-state index contributed by atoms with van der Waals surface area (Å²) in [5.41, 5.74) is -0.684. The van der Waals surface area contributed by atoms with Crippen LogP contribution in [-0.2, 0) is 9.59 Å². The molecule has 0 radical (unpaired) electrons. The van der Waals surface area contributed by atoms with Gasteiger partial charge in [-0.1, -0.05) is 18.0 Å². The number of carbonyl (C=O) groups is 2. The third kappa shape index (κ3) is 3.05. The Morgan fingerprint density at radius 1 is 1.48 bits per heavy atom. The third-order valence-corrected chi connectivity index (χ3v) is 5.17. The van der Waals surface area contributed by atoms with Crippen molar-refractivity contribution in [1.82, 2.24) is 4.90 Å². The molecule has 0 spiro atoms. The van der Waals surface area contributed by atoms with Crippen LogP contribution in [0.4, 0.5) is 10.1 Å². The molecule has 1 aromatic rings. The quantitative estimate of drug-likeness (QED) is 0.884. The van der Waals surface area contributed by atoms with Crippen LogP contribution in [0.3, 0.4) is 0 Å². The zero-order chi connectivity index (χ0) is 16.6. The number of hydrogen-bond acceptors (Lipinski definition) is 3. The Morgan fingerprint density at radius 2 is 2.26 bits per heavy atom. The summed E-state index contributed by atoms with van der Waals surface area (Å²) in [4.78, 5) is 25.6. The van der Waals surface area contributed by atoms with Gasteiger partial charge in [0, 0.05) is 18.1 Å². The standard InChI is InChI=1S/C16H18ClFN2O3/c17-11-3-4-12(18)13(6-11)19-14(21)8-20-7-10-2-1-5-16(10,9-20)15(22)23/h3-4,6,10H,1-2,5,7-9H2,(H,19,21)(H,22,23)/t10-,16+/m0/s1. The SMILES string of the molecule is O=C(CN1C[C@@H]2CCC[C@@]2(C(=O)O)C1)Nc1cc(Cl)ccc1F. The fraction of sp³-hybridized carbons (Fsp3) is 0.500. The molecule has 2 aliphatic rings. The van der Waals surface area contributed by atoms with Gasteiger partial charge in [-0.15, -0.1) is 0 Å². The first kappa shape index (κ1) is 16.2. The molecule has 1 aromatic carbocycles. The fourth-order valence-electron chi connectivity index (χ4n) is 3.85. The fourth-order valence-corrected chi connectivity index (χ4v) is 4.02. The number of carboxylic acids is 1. The normalized spacial score (nSPS) is 27.0. The van der Waals surface area contributed by atoms with E-state index in [1.165, 1.54) is 18.2 Å². The van der Waals surface area contributed by atoms with Gasteiger partial charge in [0.15, 0.2) is 0 Å². The largest absolute Gasteiger partial charge is 0.481 e. The number of carbonyl (C=O) groups excluding carboxylic acids is 1. The number of likely N-dealkylation sites (tertiary alicyclic amines) is 1.